The second-order valence-corrected chi connectivity index (χ2v) is 8.09. The monoisotopic (exact) mass is 652 g/mol. The Kier molecular flexibility index (Phi) is 18.7. The number of hydrogen-bond donors (Lipinski definition) is 1. The van der Waals surface area contributed by atoms with Gasteiger partial charge in [0.05, 0.1) is 28.3 Å². The zero-order valence-corrected chi connectivity index (χ0v) is 27.8. The number of carbonyl (C=O) groups is 2. The maximum atomic E-state index is 11.1. The van der Waals surface area contributed by atoms with Gasteiger partial charge in [-0.25, -0.2) is 0 Å². The number of aromatic hydroxyl groups is 1. The first-order valence-electron chi connectivity index (χ1n) is 12.1. The van der Waals surface area contributed by atoms with E-state index in [-0.39, 0.29) is 67.2 Å². The molecular weight excluding hydrogens is 625 g/mol. The molecule has 0 aliphatic heterocycles. The molecule has 1 N–H and O–H groups in total. The Bertz CT molecular complexity index is 1340. The van der Waals surface area contributed by atoms with Gasteiger partial charge in [-0.1, -0.05) is 42.5 Å². The zero-order valence-electron chi connectivity index (χ0n) is 23.2. The SMILES string of the molecule is CC(=O)C(=Cc1ccccc1O)C(C)=O.Cl.Cl.[Zn+2].c1ccc(-c2ccccn2)nc1.c1ccc(-c2ccccn2)nc1. The van der Waals surface area contributed by atoms with Crippen LogP contribution in [-0.2, 0) is 29.1 Å². The van der Waals surface area contributed by atoms with Crippen LogP contribution >= 0.6 is 24.8 Å². The van der Waals surface area contributed by atoms with Crippen molar-refractivity contribution >= 4 is 42.5 Å². The topological polar surface area (TPSA) is 106 Å². The molecule has 0 aliphatic carbocycles. The summed E-state index contributed by atoms with van der Waals surface area (Å²) in [6.45, 7) is 2.65. The zero-order chi connectivity index (χ0) is 27.9. The van der Waals surface area contributed by atoms with Crippen LogP contribution in [-0.4, -0.2) is 36.6 Å². The van der Waals surface area contributed by atoms with Crippen molar-refractivity contribution in [3.8, 4) is 28.5 Å². The number of hydrogen-bond acceptors (Lipinski definition) is 7. The molecule has 0 bridgehead atoms. The number of halogens is 2. The molecule has 42 heavy (non-hydrogen) atoms. The van der Waals surface area contributed by atoms with Crippen molar-refractivity contribution in [1.29, 1.82) is 0 Å². The minimum Gasteiger partial charge on any atom is -0.507 e. The number of Topliss-reactive ketones (excluding diaryl/α,β-unsaturated/α-hetero) is 2. The summed E-state index contributed by atoms with van der Waals surface area (Å²) in [6, 6.07) is 29.7. The Morgan fingerprint density at radius 1 is 0.548 bits per heavy atom. The van der Waals surface area contributed by atoms with E-state index in [4.69, 9.17) is 0 Å². The van der Waals surface area contributed by atoms with Crippen LogP contribution in [0.2, 0.25) is 0 Å². The average Bonchev–Trinajstić information content (AvgIpc) is 2.99. The van der Waals surface area contributed by atoms with E-state index in [9.17, 15) is 14.7 Å². The molecule has 0 aliphatic rings. The Labute approximate surface area is 270 Å². The number of ketones is 2. The van der Waals surface area contributed by atoms with Crippen LogP contribution in [0.4, 0.5) is 0 Å². The maximum Gasteiger partial charge on any atom is 2.00 e. The molecule has 7 nitrogen and oxygen atoms in total. The number of para-hydroxylation sites is 1. The molecule has 0 saturated heterocycles. The van der Waals surface area contributed by atoms with Crippen LogP contribution in [0.15, 0.2) is 127 Å². The summed E-state index contributed by atoms with van der Waals surface area (Å²) < 4.78 is 0. The molecule has 4 aromatic heterocycles. The molecule has 1 aromatic carbocycles. The number of benzene rings is 1. The predicted molar refractivity (Wildman–Crippen MR) is 167 cm³/mol. The third-order valence-electron chi connectivity index (χ3n) is 5.18. The molecule has 0 radical (unpaired) electrons. The second kappa shape index (κ2) is 20.7. The molecule has 0 fully saturated rings. The van der Waals surface area contributed by atoms with Crippen LogP contribution in [0.25, 0.3) is 28.9 Å². The molecule has 4 heterocycles. The quantitative estimate of drug-likeness (QED) is 0.0934. The summed E-state index contributed by atoms with van der Waals surface area (Å²) >= 11 is 0. The predicted octanol–water partition coefficient (Wildman–Crippen LogP) is 7.08. The molecular formula is C32H30Cl2N4O3Zn+2. The average molecular weight is 655 g/mol. The normalized spacial score (nSPS) is 8.90. The molecule has 0 unspecified atom stereocenters. The number of rotatable bonds is 5. The van der Waals surface area contributed by atoms with Crippen molar-refractivity contribution in [1.82, 2.24) is 19.9 Å². The van der Waals surface area contributed by atoms with E-state index in [1.807, 2.05) is 72.8 Å². The van der Waals surface area contributed by atoms with E-state index in [0.29, 0.717) is 5.56 Å². The summed E-state index contributed by atoms with van der Waals surface area (Å²) in [7, 11) is 0. The first-order valence-corrected chi connectivity index (χ1v) is 12.1. The van der Waals surface area contributed by atoms with Crippen LogP contribution in [0.3, 0.4) is 0 Å². The second-order valence-electron chi connectivity index (χ2n) is 8.09. The van der Waals surface area contributed by atoms with Gasteiger partial charge in [0.2, 0.25) is 0 Å². The van der Waals surface area contributed by atoms with Gasteiger partial charge in [-0.2, -0.15) is 0 Å². The Morgan fingerprint density at radius 3 is 1.12 bits per heavy atom. The number of phenolic OH excluding ortho intramolecular Hbond substituents is 1. The van der Waals surface area contributed by atoms with E-state index < -0.39 is 0 Å². The van der Waals surface area contributed by atoms with E-state index in [2.05, 4.69) is 19.9 Å². The van der Waals surface area contributed by atoms with Gasteiger partial charge in [0.1, 0.15) is 5.75 Å². The number of aromatic nitrogens is 4. The van der Waals surface area contributed by atoms with Crippen LogP contribution in [0.5, 0.6) is 5.75 Å². The molecule has 5 rings (SSSR count). The summed E-state index contributed by atoms with van der Waals surface area (Å²) in [5.41, 5.74) is 4.22. The maximum absolute atomic E-state index is 11.1. The molecule has 10 heteroatoms. The Hall–Kier alpha value is -4.10. The summed E-state index contributed by atoms with van der Waals surface area (Å²) in [6.07, 6.45) is 8.47. The minimum atomic E-state index is -0.300. The Morgan fingerprint density at radius 2 is 0.857 bits per heavy atom. The fraction of sp³-hybridized carbons (Fsp3) is 0.0625. The summed E-state index contributed by atoms with van der Waals surface area (Å²) in [5.74, 6) is -0.547. The fourth-order valence-electron chi connectivity index (χ4n) is 3.27. The fourth-order valence-corrected chi connectivity index (χ4v) is 3.27. The molecule has 210 valence electrons. The van der Waals surface area contributed by atoms with Gasteiger partial charge < -0.3 is 5.11 Å². The van der Waals surface area contributed by atoms with Crippen molar-refractivity contribution in [3.63, 3.8) is 0 Å². The molecule has 0 saturated carbocycles. The Balaban J connectivity index is 0.000000583. The summed E-state index contributed by atoms with van der Waals surface area (Å²) in [5, 5.41) is 9.46. The third kappa shape index (κ3) is 12.6. The van der Waals surface area contributed by atoms with Gasteiger partial charge in [0.25, 0.3) is 0 Å². The van der Waals surface area contributed by atoms with Crippen LogP contribution < -0.4 is 0 Å². The molecule has 5 aromatic rings. The molecule has 0 atom stereocenters. The first-order chi connectivity index (χ1) is 19.0. The van der Waals surface area contributed by atoms with E-state index in [1.165, 1.54) is 26.0 Å². The van der Waals surface area contributed by atoms with Crippen molar-refractivity contribution in [2.45, 2.75) is 13.8 Å². The minimum absolute atomic E-state index is 0. The standard InChI is InChI=1S/C12H12O3.2C10H8N2.2ClH.Zn/c1-8(13)11(9(2)14)7-10-5-3-4-6-12(10)15;2*1-3-7-11-9(5-1)10-6-2-4-8-12-10;;;/h3-7,15H,1-2H3;2*1-8H;2*1H;/q;;;;;+2. The third-order valence-corrected chi connectivity index (χ3v) is 5.18. The number of carbonyl (C=O) groups excluding carboxylic acids is 2. The number of phenols is 1. The molecule has 0 spiro atoms. The van der Waals surface area contributed by atoms with Gasteiger partial charge in [0, 0.05) is 30.4 Å². The van der Waals surface area contributed by atoms with Crippen molar-refractivity contribution < 1.29 is 34.2 Å². The van der Waals surface area contributed by atoms with Gasteiger partial charge in [-0.05, 0) is 74.5 Å². The number of nitrogens with zero attached hydrogens (tertiary/aromatic N) is 4. The van der Waals surface area contributed by atoms with Gasteiger partial charge in [0.15, 0.2) is 11.6 Å². The number of pyridine rings is 4. The summed E-state index contributed by atoms with van der Waals surface area (Å²) in [4.78, 5) is 39.0. The van der Waals surface area contributed by atoms with Crippen molar-refractivity contribution in [2.24, 2.45) is 0 Å². The van der Waals surface area contributed by atoms with E-state index in [0.717, 1.165) is 22.8 Å². The van der Waals surface area contributed by atoms with Crippen molar-refractivity contribution in [2.75, 3.05) is 0 Å². The van der Waals surface area contributed by atoms with Crippen LogP contribution in [0.1, 0.15) is 19.4 Å². The smallest absolute Gasteiger partial charge is 0.507 e. The molecule has 0 amide bonds. The van der Waals surface area contributed by atoms with E-state index in [1.54, 1.807) is 43.0 Å². The van der Waals surface area contributed by atoms with Gasteiger partial charge in [-0.15, -0.1) is 24.8 Å². The largest absolute Gasteiger partial charge is 2.00 e. The van der Waals surface area contributed by atoms with Crippen LogP contribution in [0, 0.1) is 0 Å². The van der Waals surface area contributed by atoms with E-state index >= 15 is 0 Å². The van der Waals surface area contributed by atoms with Gasteiger partial charge in [-0.3, -0.25) is 29.5 Å². The van der Waals surface area contributed by atoms with Gasteiger partial charge >= 0.3 is 19.5 Å². The van der Waals surface area contributed by atoms with Crippen molar-refractivity contribution in [3.05, 3.63) is 133 Å². The first kappa shape index (κ1) is 37.9. The number of allylic oxidation sites excluding steroid dienone is 1.